The standard InChI is InChI=1S/C22H25N5OS/c1-14(2)21(22-24-15-8-4-5-9-16(15)25-22)26-20(28)12-27-18-11-7-6-10-17(18)23-19(27)13-29-3/h4-11,14,21H,12-13H2,1-3H3,(H,24,25)(H,26,28). The number of benzene rings is 2. The van der Waals surface area contributed by atoms with Gasteiger partial charge in [-0.05, 0) is 36.4 Å². The number of aromatic nitrogens is 4. The molecule has 0 saturated heterocycles. The Bertz CT molecular complexity index is 1110. The third-order valence-corrected chi connectivity index (χ3v) is 5.54. The van der Waals surface area contributed by atoms with Crippen LogP contribution in [0, 0.1) is 5.92 Å². The number of rotatable bonds is 7. The van der Waals surface area contributed by atoms with Gasteiger partial charge in [0.2, 0.25) is 5.91 Å². The number of thioether (sulfide) groups is 1. The van der Waals surface area contributed by atoms with Crippen LogP contribution in [0.5, 0.6) is 0 Å². The number of carbonyl (C=O) groups is 1. The topological polar surface area (TPSA) is 75.6 Å². The molecule has 1 unspecified atom stereocenters. The maximum atomic E-state index is 13.0. The number of fused-ring (bicyclic) bond motifs is 2. The number of aromatic amines is 1. The molecule has 7 heteroatoms. The summed E-state index contributed by atoms with van der Waals surface area (Å²) in [6.07, 6.45) is 2.04. The summed E-state index contributed by atoms with van der Waals surface area (Å²) < 4.78 is 2.01. The van der Waals surface area contributed by atoms with Crippen molar-refractivity contribution in [2.24, 2.45) is 5.92 Å². The van der Waals surface area contributed by atoms with Gasteiger partial charge in [-0.15, -0.1) is 0 Å². The van der Waals surface area contributed by atoms with Crippen molar-refractivity contribution in [3.63, 3.8) is 0 Å². The Balaban J connectivity index is 1.59. The van der Waals surface area contributed by atoms with E-state index in [4.69, 9.17) is 4.98 Å². The van der Waals surface area contributed by atoms with Crippen LogP contribution in [-0.2, 0) is 17.1 Å². The van der Waals surface area contributed by atoms with Gasteiger partial charge in [0.1, 0.15) is 18.2 Å². The molecular formula is C22H25N5OS. The normalized spacial score (nSPS) is 12.7. The van der Waals surface area contributed by atoms with E-state index in [0.717, 1.165) is 39.5 Å². The SMILES string of the molecule is CSCc1nc2ccccc2n1CC(=O)NC(c1nc2ccccc2[nH]1)C(C)C. The summed E-state index contributed by atoms with van der Waals surface area (Å²) in [5.74, 6) is 2.62. The van der Waals surface area contributed by atoms with Crippen molar-refractivity contribution >= 4 is 39.7 Å². The molecule has 150 valence electrons. The van der Waals surface area contributed by atoms with Gasteiger partial charge in [0.15, 0.2) is 0 Å². The number of carbonyl (C=O) groups excluding carboxylic acids is 1. The van der Waals surface area contributed by atoms with E-state index < -0.39 is 0 Å². The predicted molar refractivity (Wildman–Crippen MR) is 119 cm³/mol. The maximum absolute atomic E-state index is 13.0. The Labute approximate surface area is 174 Å². The van der Waals surface area contributed by atoms with Crippen LogP contribution < -0.4 is 5.32 Å². The number of hydrogen-bond acceptors (Lipinski definition) is 4. The molecule has 0 radical (unpaired) electrons. The number of hydrogen-bond donors (Lipinski definition) is 2. The van der Waals surface area contributed by atoms with Crippen molar-refractivity contribution in [1.82, 2.24) is 24.8 Å². The van der Waals surface area contributed by atoms with Gasteiger partial charge < -0.3 is 14.9 Å². The fourth-order valence-corrected chi connectivity index (χ4v) is 4.05. The quantitative estimate of drug-likeness (QED) is 0.479. The highest BCUT2D eigenvalue weighted by atomic mass is 32.2. The van der Waals surface area contributed by atoms with E-state index in [2.05, 4.69) is 29.1 Å². The lowest BCUT2D eigenvalue weighted by molar-refractivity contribution is -0.122. The van der Waals surface area contributed by atoms with E-state index in [1.165, 1.54) is 0 Å². The zero-order chi connectivity index (χ0) is 20.4. The van der Waals surface area contributed by atoms with Crippen molar-refractivity contribution in [3.8, 4) is 0 Å². The minimum Gasteiger partial charge on any atom is -0.344 e. The Morgan fingerprint density at radius 3 is 2.55 bits per heavy atom. The molecule has 1 atom stereocenters. The highest BCUT2D eigenvalue weighted by Crippen LogP contribution is 2.23. The Morgan fingerprint density at radius 1 is 1.10 bits per heavy atom. The summed E-state index contributed by atoms with van der Waals surface area (Å²) >= 11 is 1.70. The first-order chi connectivity index (χ1) is 14.1. The molecule has 0 bridgehead atoms. The smallest absolute Gasteiger partial charge is 0.240 e. The lowest BCUT2D eigenvalue weighted by Crippen LogP contribution is -2.35. The molecule has 4 aromatic rings. The average Bonchev–Trinajstić information content (AvgIpc) is 3.28. The third-order valence-electron chi connectivity index (χ3n) is 4.99. The molecule has 0 aliphatic carbocycles. The van der Waals surface area contributed by atoms with E-state index in [-0.39, 0.29) is 24.4 Å². The van der Waals surface area contributed by atoms with Gasteiger partial charge in [0, 0.05) is 0 Å². The number of nitrogens with one attached hydrogen (secondary N) is 2. The number of para-hydroxylation sites is 4. The van der Waals surface area contributed by atoms with Crippen LogP contribution in [0.2, 0.25) is 0 Å². The number of nitrogens with zero attached hydrogens (tertiary/aromatic N) is 3. The van der Waals surface area contributed by atoms with Crippen LogP contribution >= 0.6 is 11.8 Å². The second kappa shape index (κ2) is 8.29. The number of H-pyrrole nitrogens is 1. The molecule has 0 spiro atoms. The first kappa shape index (κ1) is 19.5. The summed E-state index contributed by atoms with van der Waals surface area (Å²) in [6, 6.07) is 15.7. The molecule has 0 aliphatic heterocycles. The van der Waals surface area contributed by atoms with Gasteiger partial charge in [-0.2, -0.15) is 11.8 Å². The minimum atomic E-state index is -0.186. The first-order valence-corrected chi connectivity index (χ1v) is 11.1. The second-order valence-corrected chi connectivity index (χ2v) is 8.33. The number of amides is 1. The Hall–Kier alpha value is -2.80. The molecule has 2 heterocycles. The van der Waals surface area contributed by atoms with E-state index in [9.17, 15) is 4.79 Å². The van der Waals surface area contributed by atoms with Crippen LogP contribution in [0.1, 0.15) is 31.5 Å². The molecule has 6 nitrogen and oxygen atoms in total. The molecule has 0 fully saturated rings. The van der Waals surface area contributed by atoms with Gasteiger partial charge >= 0.3 is 0 Å². The van der Waals surface area contributed by atoms with Gasteiger partial charge in [0.25, 0.3) is 0 Å². The molecule has 29 heavy (non-hydrogen) atoms. The van der Waals surface area contributed by atoms with E-state index in [1.807, 2.05) is 59.4 Å². The summed E-state index contributed by atoms with van der Waals surface area (Å²) in [4.78, 5) is 25.7. The summed E-state index contributed by atoms with van der Waals surface area (Å²) in [7, 11) is 0. The van der Waals surface area contributed by atoms with Crippen molar-refractivity contribution in [2.75, 3.05) is 6.26 Å². The van der Waals surface area contributed by atoms with Crippen LogP contribution in [0.25, 0.3) is 22.1 Å². The Morgan fingerprint density at radius 2 is 1.83 bits per heavy atom. The zero-order valence-corrected chi connectivity index (χ0v) is 17.7. The largest absolute Gasteiger partial charge is 0.344 e. The first-order valence-electron chi connectivity index (χ1n) is 9.74. The molecular weight excluding hydrogens is 382 g/mol. The van der Waals surface area contributed by atoms with Gasteiger partial charge in [-0.3, -0.25) is 4.79 Å². The van der Waals surface area contributed by atoms with E-state index in [1.54, 1.807) is 11.8 Å². The highest BCUT2D eigenvalue weighted by molar-refractivity contribution is 7.97. The lowest BCUT2D eigenvalue weighted by atomic mass is 10.0. The fraction of sp³-hybridized carbons (Fsp3) is 0.318. The maximum Gasteiger partial charge on any atom is 0.240 e. The molecule has 2 N–H and O–H groups in total. The monoisotopic (exact) mass is 407 g/mol. The van der Waals surface area contributed by atoms with E-state index >= 15 is 0 Å². The highest BCUT2D eigenvalue weighted by Gasteiger charge is 2.23. The molecule has 0 saturated carbocycles. The van der Waals surface area contributed by atoms with Gasteiger partial charge in [-0.25, -0.2) is 9.97 Å². The average molecular weight is 408 g/mol. The third kappa shape index (κ3) is 4.00. The second-order valence-electron chi connectivity index (χ2n) is 7.46. The predicted octanol–water partition coefficient (Wildman–Crippen LogP) is 4.29. The van der Waals surface area contributed by atoms with Crippen molar-refractivity contribution in [3.05, 3.63) is 60.2 Å². The molecule has 4 rings (SSSR count). The lowest BCUT2D eigenvalue weighted by Gasteiger charge is -2.21. The van der Waals surface area contributed by atoms with Crippen molar-refractivity contribution in [1.29, 1.82) is 0 Å². The molecule has 0 aliphatic rings. The van der Waals surface area contributed by atoms with Crippen LogP contribution in [0.15, 0.2) is 48.5 Å². The van der Waals surface area contributed by atoms with E-state index in [0.29, 0.717) is 0 Å². The molecule has 1 amide bonds. The van der Waals surface area contributed by atoms with Crippen LogP contribution in [0.3, 0.4) is 0 Å². The van der Waals surface area contributed by atoms with Crippen molar-refractivity contribution in [2.45, 2.75) is 32.2 Å². The summed E-state index contributed by atoms with van der Waals surface area (Å²) in [5.41, 5.74) is 3.79. The number of imidazole rings is 2. The Kier molecular flexibility index (Phi) is 5.58. The summed E-state index contributed by atoms with van der Waals surface area (Å²) in [5, 5.41) is 3.18. The van der Waals surface area contributed by atoms with Crippen molar-refractivity contribution < 1.29 is 4.79 Å². The van der Waals surface area contributed by atoms with Gasteiger partial charge in [0.05, 0.1) is 33.9 Å². The summed E-state index contributed by atoms with van der Waals surface area (Å²) in [6.45, 7) is 4.41. The molecule has 2 aromatic heterocycles. The van der Waals surface area contributed by atoms with Crippen LogP contribution in [0.4, 0.5) is 0 Å². The minimum absolute atomic E-state index is 0.0466. The van der Waals surface area contributed by atoms with Gasteiger partial charge in [-0.1, -0.05) is 38.1 Å². The molecule has 2 aromatic carbocycles. The fourth-order valence-electron chi connectivity index (χ4n) is 3.57. The zero-order valence-electron chi connectivity index (χ0n) is 16.8. The van der Waals surface area contributed by atoms with Crippen LogP contribution in [-0.4, -0.2) is 31.7 Å².